The predicted octanol–water partition coefficient (Wildman–Crippen LogP) is 6.09. The maximum atomic E-state index is 13.5. The van der Waals surface area contributed by atoms with Gasteiger partial charge in [0, 0.05) is 18.1 Å². The molecule has 1 heterocycles. The summed E-state index contributed by atoms with van der Waals surface area (Å²) in [6.07, 6.45) is -5.13. The summed E-state index contributed by atoms with van der Waals surface area (Å²) in [6.45, 7) is 0.392. The number of hydrogen-bond donors (Lipinski definition) is 2. The van der Waals surface area contributed by atoms with Crippen molar-refractivity contribution in [2.24, 2.45) is 0 Å². The zero-order valence-corrected chi connectivity index (χ0v) is 20.9. The van der Waals surface area contributed by atoms with E-state index in [1.54, 1.807) is 24.3 Å². The molecular weight excluding hydrogens is 531 g/mol. The summed E-state index contributed by atoms with van der Waals surface area (Å²) in [4.78, 5) is 14.2. The lowest BCUT2D eigenvalue weighted by Crippen LogP contribution is -2.48. The van der Waals surface area contributed by atoms with Crippen molar-refractivity contribution in [3.05, 3.63) is 95.0 Å². The van der Waals surface area contributed by atoms with Gasteiger partial charge in [-0.15, -0.1) is 13.2 Å². The zero-order chi connectivity index (χ0) is 26.7. The molecule has 1 fully saturated rings. The van der Waals surface area contributed by atoms with Crippen molar-refractivity contribution >= 4 is 27.6 Å². The van der Waals surface area contributed by atoms with Gasteiger partial charge in [-0.3, -0.25) is 0 Å². The maximum absolute atomic E-state index is 13.5. The van der Waals surface area contributed by atoms with Crippen LogP contribution in [-0.2, 0) is 26.8 Å². The lowest BCUT2D eigenvalue weighted by Gasteiger charge is -2.32. The van der Waals surface area contributed by atoms with Gasteiger partial charge in [0.2, 0.25) is 0 Å². The molecule has 2 atom stereocenters. The fourth-order valence-corrected chi connectivity index (χ4v) is 5.69. The van der Waals surface area contributed by atoms with Gasteiger partial charge in [0.1, 0.15) is 22.3 Å². The Labute approximate surface area is 217 Å². The third kappa shape index (κ3) is 6.73. The van der Waals surface area contributed by atoms with Gasteiger partial charge in [0.05, 0.1) is 10.4 Å². The van der Waals surface area contributed by atoms with Crippen LogP contribution in [0, 0.1) is 4.78 Å². The van der Waals surface area contributed by atoms with Gasteiger partial charge in [0.15, 0.2) is 0 Å². The molecule has 2 unspecified atom stereocenters. The number of nitrogens with zero attached hydrogens (tertiary/aromatic N) is 1. The Morgan fingerprint density at radius 2 is 1.70 bits per heavy atom. The molecule has 1 amide bonds. The highest BCUT2D eigenvalue weighted by atomic mass is 35.5. The maximum Gasteiger partial charge on any atom is 0.573 e. The lowest BCUT2D eigenvalue weighted by atomic mass is 9.90. The molecule has 1 aliphatic rings. The van der Waals surface area contributed by atoms with Crippen LogP contribution in [0.4, 0.5) is 18.0 Å². The van der Waals surface area contributed by atoms with Gasteiger partial charge in [-0.25, -0.2) is 18.5 Å². The third-order valence-electron chi connectivity index (χ3n) is 5.86. The molecule has 1 saturated heterocycles. The van der Waals surface area contributed by atoms with Crippen LogP contribution in [0.5, 0.6) is 5.75 Å². The average molecular weight is 554 g/mol. The molecule has 0 aromatic heterocycles. The molecule has 4 rings (SSSR count). The number of carbonyl (C=O) groups excluding carboxylic acids is 1. The third-order valence-corrected chi connectivity index (χ3v) is 7.72. The summed E-state index contributed by atoms with van der Waals surface area (Å²) in [7, 11) is -3.72. The molecule has 3 aromatic carbocycles. The number of likely N-dealkylation sites (tertiary alicyclic amines) is 1. The van der Waals surface area contributed by atoms with E-state index in [0.29, 0.717) is 17.0 Å². The topological polar surface area (TPSA) is 91.7 Å². The Balaban J connectivity index is 1.55. The number of alkyl halides is 3. The highest BCUT2D eigenvalue weighted by Gasteiger charge is 2.44. The van der Waals surface area contributed by atoms with E-state index in [9.17, 15) is 22.2 Å². The highest BCUT2D eigenvalue weighted by Crippen LogP contribution is 2.35. The highest BCUT2D eigenvalue weighted by molar-refractivity contribution is 7.90. The summed E-state index contributed by atoms with van der Waals surface area (Å²) in [5.41, 5.74) is 0.368. The van der Waals surface area contributed by atoms with Crippen LogP contribution >= 0.6 is 11.6 Å². The number of carbonyl (C=O) groups is 1. The molecule has 0 spiro atoms. The van der Waals surface area contributed by atoms with Gasteiger partial charge >= 0.3 is 12.5 Å². The Bertz CT molecular complexity index is 1340. The van der Waals surface area contributed by atoms with Gasteiger partial charge in [0.25, 0.3) is 0 Å². The molecular formula is C25H23ClF3N3O4S. The summed E-state index contributed by atoms with van der Waals surface area (Å²) in [5.74, 6) is -0.493. The average Bonchev–Trinajstić information content (AvgIpc) is 3.27. The second-order valence-electron chi connectivity index (χ2n) is 8.48. The predicted molar refractivity (Wildman–Crippen MR) is 131 cm³/mol. The van der Waals surface area contributed by atoms with Crippen molar-refractivity contribution in [3.8, 4) is 5.75 Å². The van der Waals surface area contributed by atoms with Crippen molar-refractivity contribution in [3.63, 3.8) is 0 Å². The second kappa shape index (κ2) is 10.6. The fourth-order valence-electron chi connectivity index (χ4n) is 4.09. The summed E-state index contributed by atoms with van der Waals surface area (Å²) in [5, 5.41) is 0.475. The van der Waals surface area contributed by atoms with Gasteiger partial charge in [-0.05, 0) is 53.9 Å². The molecule has 12 heteroatoms. The first-order valence-electron chi connectivity index (χ1n) is 11.1. The number of benzene rings is 3. The minimum atomic E-state index is -4.87. The second-order valence-corrected chi connectivity index (χ2v) is 10.7. The molecule has 1 aliphatic heterocycles. The Kier molecular flexibility index (Phi) is 7.67. The van der Waals surface area contributed by atoms with Crippen LogP contribution in [0.1, 0.15) is 17.5 Å². The van der Waals surface area contributed by atoms with Crippen LogP contribution in [0.2, 0.25) is 5.02 Å². The molecule has 3 aromatic rings. The number of rotatable bonds is 7. The molecule has 0 saturated carbocycles. The molecule has 7 nitrogen and oxygen atoms in total. The molecule has 37 heavy (non-hydrogen) atoms. The number of ether oxygens (including phenoxy) is 2. The van der Waals surface area contributed by atoms with E-state index < -0.39 is 33.7 Å². The first-order valence-corrected chi connectivity index (χ1v) is 13.0. The molecule has 0 aliphatic carbocycles. The van der Waals surface area contributed by atoms with Crippen molar-refractivity contribution in [1.29, 1.82) is 4.78 Å². The summed E-state index contributed by atoms with van der Waals surface area (Å²) in [6, 6.07) is 20.2. The standard InChI is InChI=1S/C25H23ClF3N3O4S/c26-20-8-6-19(7-9-20)24(14-15-32(17-24)23(33)35-16-18-4-2-1-3-5-18)31-37(30,34)22-12-10-21(11-13-22)36-25(27,28)29/h1-13H,14-17H2,(H2,30,31,34). The lowest BCUT2D eigenvalue weighted by molar-refractivity contribution is -0.274. The van der Waals surface area contributed by atoms with E-state index in [4.69, 9.17) is 21.1 Å². The van der Waals surface area contributed by atoms with Crippen molar-refractivity contribution in [2.45, 2.75) is 29.8 Å². The minimum Gasteiger partial charge on any atom is -0.445 e. The van der Waals surface area contributed by atoms with Crippen LogP contribution in [0.25, 0.3) is 0 Å². The number of nitrogens with one attached hydrogen (secondary N) is 2. The van der Waals surface area contributed by atoms with Crippen molar-refractivity contribution < 1.29 is 31.6 Å². The summed E-state index contributed by atoms with van der Waals surface area (Å²) >= 11 is 6.04. The van der Waals surface area contributed by atoms with Crippen LogP contribution in [0.3, 0.4) is 0 Å². The number of amides is 1. The Morgan fingerprint density at radius 1 is 1.05 bits per heavy atom. The van der Waals surface area contributed by atoms with Crippen molar-refractivity contribution in [2.75, 3.05) is 13.1 Å². The molecule has 0 radical (unpaired) electrons. The Hall–Kier alpha value is -3.28. The first-order chi connectivity index (χ1) is 17.5. The normalized spacial score (nSPS) is 19.3. The van der Waals surface area contributed by atoms with E-state index >= 15 is 0 Å². The quantitative estimate of drug-likeness (QED) is 0.370. The largest absolute Gasteiger partial charge is 0.573 e. The van der Waals surface area contributed by atoms with Gasteiger partial charge in [-0.2, -0.15) is 0 Å². The van der Waals surface area contributed by atoms with Crippen LogP contribution in [-0.4, -0.2) is 34.7 Å². The number of halogens is 4. The van der Waals surface area contributed by atoms with E-state index in [1.807, 2.05) is 30.3 Å². The van der Waals surface area contributed by atoms with E-state index in [0.717, 1.165) is 29.8 Å². The minimum absolute atomic E-state index is 0.0412. The van der Waals surface area contributed by atoms with E-state index in [-0.39, 0.29) is 24.6 Å². The van der Waals surface area contributed by atoms with Gasteiger partial charge < -0.3 is 14.4 Å². The van der Waals surface area contributed by atoms with Crippen molar-refractivity contribution in [1.82, 2.24) is 9.62 Å². The van der Waals surface area contributed by atoms with E-state index in [2.05, 4.69) is 9.46 Å². The molecule has 2 N–H and O–H groups in total. The zero-order valence-electron chi connectivity index (χ0n) is 19.3. The fraction of sp³-hybridized carbons (Fsp3) is 0.240. The van der Waals surface area contributed by atoms with Crippen LogP contribution < -0.4 is 9.46 Å². The SMILES string of the molecule is N=S(=O)(NC1(c2ccc(Cl)cc2)CCN(C(=O)OCc2ccccc2)C1)c1ccc(OC(F)(F)F)cc1. The smallest absolute Gasteiger partial charge is 0.445 e. The summed E-state index contributed by atoms with van der Waals surface area (Å²) < 4.78 is 71.7. The first kappa shape index (κ1) is 26.8. The molecule has 0 bridgehead atoms. The van der Waals surface area contributed by atoms with Gasteiger partial charge in [-0.1, -0.05) is 54.1 Å². The van der Waals surface area contributed by atoms with E-state index in [1.165, 1.54) is 4.90 Å². The Morgan fingerprint density at radius 3 is 2.32 bits per heavy atom. The monoisotopic (exact) mass is 553 g/mol. The molecule has 196 valence electrons. The van der Waals surface area contributed by atoms with Crippen LogP contribution in [0.15, 0.2) is 83.8 Å². The number of hydrogen-bond acceptors (Lipinski definition) is 5.